The topological polar surface area (TPSA) is 84.9 Å². The van der Waals surface area contributed by atoms with Crippen molar-refractivity contribution < 1.29 is 22.7 Å². The van der Waals surface area contributed by atoms with Crippen LogP contribution in [0.15, 0.2) is 47.4 Å². The molecule has 1 amide bonds. The summed E-state index contributed by atoms with van der Waals surface area (Å²) >= 11 is 0. The van der Waals surface area contributed by atoms with Crippen LogP contribution in [0.5, 0.6) is 11.5 Å². The molecule has 0 aliphatic carbocycles. The number of anilines is 1. The molecule has 0 saturated heterocycles. The lowest BCUT2D eigenvalue weighted by atomic mass is 10.2. The second-order valence-corrected chi connectivity index (χ2v) is 7.67. The third-order valence-corrected chi connectivity index (χ3v) is 5.56. The number of hydrogen-bond donors (Lipinski definition) is 1. The summed E-state index contributed by atoms with van der Waals surface area (Å²) < 4.78 is 37.5. The summed E-state index contributed by atoms with van der Waals surface area (Å²) in [5.74, 6) is 0.620. The molecule has 0 saturated carbocycles. The maximum atomic E-state index is 13.0. The van der Waals surface area contributed by atoms with E-state index in [1.165, 1.54) is 37.5 Å². The standard InChI is InChI=1S/C18H22N2O5S/c1-13(21)19-15-7-10-17(25-4)18(11-15)26(22,23)20(2)12-14-5-8-16(24-3)9-6-14/h5-11H,12H2,1-4H3,(H,19,21). The Kier molecular flexibility index (Phi) is 6.23. The normalized spacial score (nSPS) is 11.3. The van der Waals surface area contributed by atoms with E-state index < -0.39 is 10.0 Å². The van der Waals surface area contributed by atoms with Crippen LogP contribution in [0.4, 0.5) is 5.69 Å². The van der Waals surface area contributed by atoms with E-state index in [4.69, 9.17) is 9.47 Å². The van der Waals surface area contributed by atoms with Gasteiger partial charge in [-0.3, -0.25) is 4.79 Å². The van der Waals surface area contributed by atoms with Crippen LogP contribution in [-0.2, 0) is 21.4 Å². The molecule has 0 aliphatic rings. The fourth-order valence-corrected chi connectivity index (χ4v) is 3.74. The number of carbonyl (C=O) groups is 1. The van der Waals surface area contributed by atoms with Crippen molar-refractivity contribution in [2.45, 2.75) is 18.4 Å². The van der Waals surface area contributed by atoms with Crippen LogP contribution < -0.4 is 14.8 Å². The predicted octanol–water partition coefficient (Wildman–Crippen LogP) is 2.48. The Morgan fingerprint density at radius 2 is 1.73 bits per heavy atom. The van der Waals surface area contributed by atoms with Crippen LogP contribution in [0.1, 0.15) is 12.5 Å². The first kappa shape index (κ1) is 19.7. The fraction of sp³-hybridized carbons (Fsp3) is 0.278. The Bertz CT molecular complexity index is 879. The molecule has 0 aromatic heterocycles. The van der Waals surface area contributed by atoms with E-state index in [2.05, 4.69) is 5.32 Å². The van der Waals surface area contributed by atoms with Gasteiger partial charge in [0.25, 0.3) is 0 Å². The highest BCUT2D eigenvalue weighted by atomic mass is 32.2. The molecule has 0 unspecified atom stereocenters. The number of nitrogens with zero attached hydrogens (tertiary/aromatic N) is 1. The van der Waals surface area contributed by atoms with E-state index >= 15 is 0 Å². The van der Waals surface area contributed by atoms with Gasteiger partial charge in [0, 0.05) is 26.2 Å². The number of rotatable bonds is 7. The van der Waals surface area contributed by atoms with Crippen LogP contribution in [0.3, 0.4) is 0 Å². The summed E-state index contributed by atoms with van der Waals surface area (Å²) in [7, 11) is 0.630. The molecule has 0 fully saturated rings. The lowest BCUT2D eigenvalue weighted by Gasteiger charge is -2.20. The van der Waals surface area contributed by atoms with Gasteiger partial charge in [-0.25, -0.2) is 8.42 Å². The van der Waals surface area contributed by atoms with E-state index in [-0.39, 0.29) is 23.1 Å². The van der Waals surface area contributed by atoms with E-state index in [0.29, 0.717) is 11.4 Å². The van der Waals surface area contributed by atoms with Crippen molar-refractivity contribution in [1.29, 1.82) is 0 Å². The maximum Gasteiger partial charge on any atom is 0.246 e. The zero-order chi connectivity index (χ0) is 19.3. The minimum absolute atomic E-state index is 0.0118. The zero-order valence-corrected chi connectivity index (χ0v) is 16.0. The van der Waals surface area contributed by atoms with Crippen LogP contribution in [0.2, 0.25) is 0 Å². The number of ether oxygens (including phenoxy) is 2. The van der Waals surface area contributed by atoms with Gasteiger partial charge in [-0.2, -0.15) is 4.31 Å². The quantitative estimate of drug-likeness (QED) is 0.800. The first-order chi connectivity index (χ1) is 12.3. The maximum absolute atomic E-state index is 13.0. The summed E-state index contributed by atoms with van der Waals surface area (Å²) in [6, 6.07) is 11.6. The number of hydrogen-bond acceptors (Lipinski definition) is 5. The summed E-state index contributed by atoms with van der Waals surface area (Å²) in [6.45, 7) is 1.54. The van der Waals surface area contributed by atoms with Gasteiger partial charge in [-0.1, -0.05) is 12.1 Å². The minimum Gasteiger partial charge on any atom is -0.497 e. The van der Waals surface area contributed by atoms with Gasteiger partial charge < -0.3 is 14.8 Å². The van der Waals surface area contributed by atoms with E-state index in [0.717, 1.165) is 5.56 Å². The summed E-state index contributed by atoms with van der Waals surface area (Å²) in [5.41, 5.74) is 1.20. The lowest BCUT2D eigenvalue weighted by Crippen LogP contribution is -2.27. The first-order valence-corrected chi connectivity index (χ1v) is 9.27. The monoisotopic (exact) mass is 378 g/mol. The Morgan fingerprint density at radius 3 is 2.27 bits per heavy atom. The Labute approximate surface area is 153 Å². The second-order valence-electron chi connectivity index (χ2n) is 5.66. The Hall–Kier alpha value is -2.58. The average Bonchev–Trinajstić information content (AvgIpc) is 2.61. The molecular formula is C18H22N2O5S. The molecule has 7 nitrogen and oxygen atoms in total. The van der Waals surface area contributed by atoms with Crippen molar-refractivity contribution in [1.82, 2.24) is 4.31 Å². The molecule has 2 aromatic carbocycles. The minimum atomic E-state index is -3.83. The van der Waals surface area contributed by atoms with Gasteiger partial charge >= 0.3 is 0 Å². The molecule has 26 heavy (non-hydrogen) atoms. The van der Waals surface area contributed by atoms with Gasteiger partial charge in [-0.15, -0.1) is 0 Å². The molecule has 0 heterocycles. The van der Waals surface area contributed by atoms with Crippen molar-refractivity contribution in [3.8, 4) is 11.5 Å². The zero-order valence-electron chi connectivity index (χ0n) is 15.1. The average molecular weight is 378 g/mol. The smallest absolute Gasteiger partial charge is 0.246 e. The highest BCUT2D eigenvalue weighted by Gasteiger charge is 2.25. The molecule has 0 aliphatic heterocycles. The van der Waals surface area contributed by atoms with Gasteiger partial charge in [-0.05, 0) is 35.9 Å². The van der Waals surface area contributed by atoms with Crippen molar-refractivity contribution >= 4 is 21.6 Å². The molecule has 8 heteroatoms. The van der Waals surface area contributed by atoms with Crippen LogP contribution in [0, 0.1) is 0 Å². The third-order valence-electron chi connectivity index (χ3n) is 3.74. The highest BCUT2D eigenvalue weighted by Crippen LogP contribution is 2.30. The number of sulfonamides is 1. The first-order valence-electron chi connectivity index (χ1n) is 7.83. The highest BCUT2D eigenvalue weighted by molar-refractivity contribution is 7.89. The van der Waals surface area contributed by atoms with Crippen LogP contribution in [-0.4, -0.2) is 39.9 Å². The predicted molar refractivity (Wildman–Crippen MR) is 98.9 cm³/mol. The summed E-state index contributed by atoms with van der Waals surface area (Å²) in [5, 5.41) is 2.58. The molecule has 1 N–H and O–H groups in total. The Morgan fingerprint density at radius 1 is 1.08 bits per heavy atom. The molecule has 0 spiro atoms. The molecule has 2 rings (SSSR count). The van der Waals surface area contributed by atoms with Crippen LogP contribution in [0.25, 0.3) is 0 Å². The number of methoxy groups -OCH3 is 2. The molecule has 2 aromatic rings. The fourth-order valence-electron chi connectivity index (χ4n) is 2.40. The SMILES string of the molecule is COc1ccc(CN(C)S(=O)(=O)c2cc(NC(C)=O)ccc2OC)cc1. The third kappa shape index (κ3) is 4.53. The largest absolute Gasteiger partial charge is 0.497 e. The molecular weight excluding hydrogens is 356 g/mol. The van der Waals surface area contributed by atoms with E-state index in [9.17, 15) is 13.2 Å². The van der Waals surface area contributed by atoms with Crippen LogP contribution >= 0.6 is 0 Å². The van der Waals surface area contributed by atoms with E-state index in [1.54, 1.807) is 37.4 Å². The van der Waals surface area contributed by atoms with Crippen molar-refractivity contribution in [3.63, 3.8) is 0 Å². The number of carbonyl (C=O) groups excluding carboxylic acids is 1. The van der Waals surface area contributed by atoms with Gasteiger partial charge in [0.1, 0.15) is 16.4 Å². The van der Waals surface area contributed by atoms with Crippen molar-refractivity contribution in [2.24, 2.45) is 0 Å². The molecule has 0 radical (unpaired) electrons. The van der Waals surface area contributed by atoms with Crippen molar-refractivity contribution in [2.75, 3.05) is 26.6 Å². The lowest BCUT2D eigenvalue weighted by molar-refractivity contribution is -0.114. The summed E-state index contributed by atoms with van der Waals surface area (Å²) in [4.78, 5) is 11.2. The summed E-state index contributed by atoms with van der Waals surface area (Å²) in [6.07, 6.45) is 0. The van der Waals surface area contributed by atoms with Gasteiger partial charge in [0.15, 0.2) is 0 Å². The van der Waals surface area contributed by atoms with Crippen molar-refractivity contribution in [3.05, 3.63) is 48.0 Å². The molecule has 0 atom stereocenters. The number of nitrogens with one attached hydrogen (secondary N) is 1. The molecule has 0 bridgehead atoms. The van der Waals surface area contributed by atoms with Gasteiger partial charge in [0.05, 0.1) is 14.2 Å². The second kappa shape index (κ2) is 8.20. The molecule has 140 valence electrons. The van der Waals surface area contributed by atoms with E-state index in [1.807, 2.05) is 0 Å². The number of benzene rings is 2. The van der Waals surface area contributed by atoms with Gasteiger partial charge in [0.2, 0.25) is 15.9 Å². The number of amides is 1. The Balaban J connectivity index is 2.33.